The summed E-state index contributed by atoms with van der Waals surface area (Å²) in [7, 11) is 1.83. The van der Waals surface area contributed by atoms with Crippen molar-refractivity contribution < 1.29 is 0 Å². The molecule has 0 radical (unpaired) electrons. The maximum Gasteiger partial charge on any atom is 0.204 e. The summed E-state index contributed by atoms with van der Waals surface area (Å²) in [5.74, 6) is 0.467. The number of fused-ring (bicyclic) bond motifs is 3. The second-order valence-corrected chi connectivity index (χ2v) is 4.83. The van der Waals surface area contributed by atoms with E-state index >= 15 is 0 Å². The number of nitrogens with zero attached hydrogens (tertiary/aromatic N) is 7. The highest BCUT2D eigenvalue weighted by molar-refractivity contribution is 6.33. The molecule has 20 heavy (non-hydrogen) atoms. The molecule has 4 heterocycles. The largest absolute Gasteiger partial charge is 0.271 e. The first-order chi connectivity index (χ1) is 9.65. The molecule has 0 aliphatic rings. The molecule has 0 spiro atoms. The minimum atomic E-state index is 0.467. The third-order valence-corrected chi connectivity index (χ3v) is 3.71. The zero-order chi connectivity index (χ0) is 13.9. The van der Waals surface area contributed by atoms with Gasteiger partial charge in [0, 0.05) is 7.05 Å². The number of nitrogens with one attached hydrogen (secondary N) is 1. The van der Waals surface area contributed by atoms with E-state index in [1.165, 1.54) is 0 Å². The molecule has 0 aliphatic carbocycles. The van der Waals surface area contributed by atoms with E-state index in [1.54, 1.807) is 21.7 Å². The highest BCUT2D eigenvalue weighted by atomic mass is 35.5. The second-order valence-electron chi connectivity index (χ2n) is 4.45. The summed E-state index contributed by atoms with van der Waals surface area (Å²) in [5, 5.41) is 16.8. The number of hydrogen-bond acceptors (Lipinski definition) is 5. The van der Waals surface area contributed by atoms with Crippen LogP contribution in [0.1, 0.15) is 5.69 Å². The fraction of sp³-hybridized carbons (Fsp3) is 0.182. The molecule has 0 bridgehead atoms. The van der Waals surface area contributed by atoms with E-state index in [0.717, 1.165) is 11.1 Å². The Labute approximate surface area is 117 Å². The first-order valence-electron chi connectivity index (χ1n) is 5.89. The molecule has 0 amide bonds. The van der Waals surface area contributed by atoms with Crippen molar-refractivity contribution in [2.75, 3.05) is 0 Å². The van der Waals surface area contributed by atoms with Crippen LogP contribution in [0.4, 0.5) is 0 Å². The topological polar surface area (TPSA) is 89.6 Å². The fourth-order valence-electron chi connectivity index (χ4n) is 2.07. The van der Waals surface area contributed by atoms with Crippen molar-refractivity contribution in [1.29, 1.82) is 0 Å². The van der Waals surface area contributed by atoms with Crippen LogP contribution in [0, 0.1) is 6.92 Å². The van der Waals surface area contributed by atoms with Gasteiger partial charge in [-0.05, 0) is 6.92 Å². The molecule has 0 saturated heterocycles. The number of halogens is 1. The van der Waals surface area contributed by atoms with E-state index in [1.807, 2.05) is 14.0 Å². The molecule has 0 saturated carbocycles. The predicted molar refractivity (Wildman–Crippen MR) is 72.4 cm³/mol. The quantitative estimate of drug-likeness (QED) is 0.571. The Balaban J connectivity index is 2.02. The van der Waals surface area contributed by atoms with E-state index < -0.39 is 0 Å². The van der Waals surface area contributed by atoms with Crippen molar-refractivity contribution in [2.24, 2.45) is 7.05 Å². The van der Waals surface area contributed by atoms with E-state index in [2.05, 4.69) is 30.4 Å². The summed E-state index contributed by atoms with van der Waals surface area (Å²) in [6, 6.07) is 0. The van der Waals surface area contributed by atoms with Gasteiger partial charge in [0.05, 0.1) is 22.3 Å². The number of rotatable bonds is 1. The Kier molecular flexibility index (Phi) is 2.14. The molecule has 100 valence electrons. The second kappa shape index (κ2) is 3.76. The number of aryl methyl sites for hydroxylation is 1. The van der Waals surface area contributed by atoms with Gasteiger partial charge in [0.25, 0.3) is 0 Å². The molecule has 4 aromatic heterocycles. The molecular weight excluding hydrogens is 280 g/mol. The van der Waals surface area contributed by atoms with Crippen molar-refractivity contribution in [3.63, 3.8) is 0 Å². The van der Waals surface area contributed by atoms with Crippen molar-refractivity contribution >= 4 is 28.3 Å². The predicted octanol–water partition coefficient (Wildman–Crippen LogP) is 1.36. The third-order valence-electron chi connectivity index (χ3n) is 3.26. The van der Waals surface area contributed by atoms with Gasteiger partial charge in [-0.25, -0.2) is 14.5 Å². The highest BCUT2D eigenvalue weighted by Gasteiger charge is 2.18. The van der Waals surface area contributed by atoms with Gasteiger partial charge in [-0.1, -0.05) is 11.6 Å². The number of H-pyrrole nitrogens is 1. The average Bonchev–Trinajstić information content (AvgIpc) is 3.11. The average molecular weight is 289 g/mol. The smallest absolute Gasteiger partial charge is 0.204 e. The summed E-state index contributed by atoms with van der Waals surface area (Å²) in [6.07, 6.45) is 3.25. The van der Waals surface area contributed by atoms with Gasteiger partial charge in [0.15, 0.2) is 17.0 Å². The van der Waals surface area contributed by atoms with Gasteiger partial charge in [-0.15, -0.1) is 5.10 Å². The zero-order valence-electron chi connectivity index (χ0n) is 10.7. The van der Waals surface area contributed by atoms with Gasteiger partial charge in [0.2, 0.25) is 5.82 Å². The Morgan fingerprint density at radius 2 is 2.15 bits per heavy atom. The van der Waals surface area contributed by atoms with Crippen LogP contribution in [-0.2, 0) is 7.05 Å². The van der Waals surface area contributed by atoms with Crippen LogP contribution in [0.5, 0.6) is 0 Å². The van der Waals surface area contributed by atoms with E-state index in [-0.39, 0.29) is 0 Å². The lowest BCUT2D eigenvalue weighted by Gasteiger charge is -1.89. The van der Waals surface area contributed by atoms with Crippen LogP contribution in [0.15, 0.2) is 12.5 Å². The lowest BCUT2D eigenvalue weighted by molar-refractivity contribution is 0.741. The fourth-order valence-corrected chi connectivity index (χ4v) is 2.31. The van der Waals surface area contributed by atoms with Gasteiger partial charge in [0.1, 0.15) is 6.33 Å². The Hall–Kier alpha value is -2.48. The van der Waals surface area contributed by atoms with Crippen molar-refractivity contribution in [2.45, 2.75) is 6.92 Å². The molecule has 0 atom stereocenters. The molecule has 8 nitrogen and oxygen atoms in total. The van der Waals surface area contributed by atoms with Gasteiger partial charge in [-0.2, -0.15) is 10.2 Å². The van der Waals surface area contributed by atoms with E-state index in [0.29, 0.717) is 27.8 Å². The minimum absolute atomic E-state index is 0.467. The summed E-state index contributed by atoms with van der Waals surface area (Å²) in [4.78, 5) is 8.70. The highest BCUT2D eigenvalue weighted by Crippen LogP contribution is 2.27. The van der Waals surface area contributed by atoms with Crippen LogP contribution >= 0.6 is 11.6 Å². The molecule has 4 aromatic rings. The molecule has 9 heteroatoms. The first kappa shape index (κ1) is 11.4. The molecular formula is C11H9ClN8. The Bertz CT molecular complexity index is 946. The Morgan fingerprint density at radius 1 is 1.30 bits per heavy atom. The Morgan fingerprint density at radius 3 is 2.90 bits per heavy atom. The van der Waals surface area contributed by atoms with Crippen LogP contribution < -0.4 is 0 Å². The number of aromatic amines is 1. The molecule has 0 aromatic carbocycles. The summed E-state index contributed by atoms with van der Waals surface area (Å²) in [6.45, 7) is 1.89. The third kappa shape index (κ3) is 1.39. The van der Waals surface area contributed by atoms with Crippen LogP contribution in [-0.4, -0.2) is 39.6 Å². The number of aromatic nitrogens is 8. The van der Waals surface area contributed by atoms with Crippen molar-refractivity contribution in [1.82, 2.24) is 39.6 Å². The number of hydrogen-bond donors (Lipinski definition) is 1. The molecule has 0 fully saturated rings. The maximum atomic E-state index is 6.27. The molecule has 1 N–H and O–H groups in total. The monoisotopic (exact) mass is 288 g/mol. The zero-order valence-corrected chi connectivity index (χ0v) is 11.4. The van der Waals surface area contributed by atoms with E-state index in [4.69, 9.17) is 11.6 Å². The summed E-state index contributed by atoms with van der Waals surface area (Å²) in [5.41, 5.74) is 2.76. The standard InChI is InChI=1S/C11H9ClN8/c1-5-7(12)8(17-19(5)2)10-15-11-6-3-14-16-9(6)13-4-20(11)18-10/h3-4H,1-2H3,(H,14,16). The summed E-state index contributed by atoms with van der Waals surface area (Å²) >= 11 is 6.27. The molecule has 0 unspecified atom stereocenters. The van der Waals surface area contributed by atoms with Crippen LogP contribution in [0.2, 0.25) is 5.02 Å². The minimum Gasteiger partial charge on any atom is -0.271 e. The SMILES string of the molecule is Cc1c(Cl)c(-c2nc3c4cn[nH]c4ncn3n2)nn1C. The molecule has 0 aliphatic heterocycles. The first-order valence-corrected chi connectivity index (χ1v) is 6.27. The van der Waals surface area contributed by atoms with Crippen molar-refractivity contribution in [3.05, 3.63) is 23.2 Å². The van der Waals surface area contributed by atoms with Crippen LogP contribution in [0.25, 0.3) is 28.2 Å². The maximum absolute atomic E-state index is 6.27. The van der Waals surface area contributed by atoms with Gasteiger partial charge in [-0.3, -0.25) is 9.78 Å². The molecule has 4 rings (SSSR count). The van der Waals surface area contributed by atoms with Gasteiger partial charge < -0.3 is 0 Å². The van der Waals surface area contributed by atoms with Gasteiger partial charge >= 0.3 is 0 Å². The van der Waals surface area contributed by atoms with Crippen molar-refractivity contribution in [3.8, 4) is 11.5 Å². The summed E-state index contributed by atoms with van der Waals surface area (Å²) < 4.78 is 3.29. The lowest BCUT2D eigenvalue weighted by atomic mass is 10.3. The van der Waals surface area contributed by atoms with E-state index in [9.17, 15) is 0 Å². The lowest BCUT2D eigenvalue weighted by Crippen LogP contribution is -1.93. The normalized spacial score (nSPS) is 11.8. The van der Waals surface area contributed by atoms with Crippen LogP contribution in [0.3, 0.4) is 0 Å².